The fourth-order valence-corrected chi connectivity index (χ4v) is 2.64. The van der Waals surface area contributed by atoms with Crippen LogP contribution >= 0.6 is 0 Å². The minimum atomic E-state index is -0.924. The average Bonchev–Trinajstić information content (AvgIpc) is 3.04. The number of halogens is 2. The van der Waals surface area contributed by atoms with Crippen molar-refractivity contribution in [1.82, 2.24) is 10.2 Å². The number of aryl methyl sites for hydroxylation is 1. The monoisotopic (exact) mass is 357 g/mol. The number of hydrogen-bond donors (Lipinski definition) is 2. The molecule has 2 aromatic carbocycles. The number of rotatable bonds is 5. The molecule has 0 fully saturated rings. The number of carbonyl (C=O) groups excluding carboxylic acids is 1. The third-order valence-corrected chi connectivity index (χ3v) is 3.97. The number of nitrogens with zero attached hydrogens (tertiary/aromatic N) is 1. The molecule has 0 aliphatic carbocycles. The zero-order valence-electron chi connectivity index (χ0n) is 14.3. The third-order valence-electron chi connectivity index (χ3n) is 3.97. The number of carbonyl (C=O) groups is 1. The highest BCUT2D eigenvalue weighted by Crippen LogP contribution is 2.31. The van der Waals surface area contributed by atoms with E-state index in [1.807, 2.05) is 6.92 Å². The van der Waals surface area contributed by atoms with Gasteiger partial charge >= 0.3 is 0 Å². The SMILES string of the molecule is CCc1[nH]nc(-c2cccc(OC)c2)c1NC(=O)c1c(F)cccc1F. The summed E-state index contributed by atoms with van der Waals surface area (Å²) in [6, 6.07) is 10.4. The number of hydrogen-bond acceptors (Lipinski definition) is 3. The third kappa shape index (κ3) is 3.28. The zero-order valence-corrected chi connectivity index (χ0v) is 14.3. The van der Waals surface area contributed by atoms with E-state index in [2.05, 4.69) is 15.5 Å². The maximum Gasteiger partial charge on any atom is 0.261 e. The standard InChI is InChI=1S/C19H17F2N3O2/c1-3-15-18(22-19(25)16-13(20)8-5-9-14(16)21)17(24-23-15)11-6-4-7-12(10-11)26-2/h4-10H,3H2,1-2H3,(H,22,25)(H,23,24). The molecule has 1 aromatic heterocycles. The Morgan fingerprint density at radius 3 is 2.54 bits per heavy atom. The second kappa shape index (κ2) is 7.35. The number of methoxy groups -OCH3 is 1. The highest BCUT2D eigenvalue weighted by molar-refractivity contribution is 6.06. The number of benzene rings is 2. The fraction of sp³-hybridized carbons (Fsp3) is 0.158. The van der Waals surface area contributed by atoms with Gasteiger partial charge in [-0.1, -0.05) is 25.1 Å². The fourth-order valence-electron chi connectivity index (χ4n) is 2.64. The van der Waals surface area contributed by atoms with Gasteiger partial charge < -0.3 is 10.1 Å². The van der Waals surface area contributed by atoms with E-state index in [1.165, 1.54) is 6.07 Å². The molecular weight excluding hydrogens is 340 g/mol. The van der Waals surface area contributed by atoms with Crippen LogP contribution in [0, 0.1) is 11.6 Å². The van der Waals surface area contributed by atoms with E-state index in [0.717, 1.165) is 12.1 Å². The molecule has 0 aliphatic rings. The molecule has 5 nitrogen and oxygen atoms in total. The quantitative estimate of drug-likeness (QED) is 0.720. The van der Waals surface area contributed by atoms with E-state index in [-0.39, 0.29) is 0 Å². The summed E-state index contributed by atoms with van der Waals surface area (Å²) in [5.74, 6) is -2.10. The first kappa shape index (κ1) is 17.6. The van der Waals surface area contributed by atoms with Crippen LogP contribution < -0.4 is 10.1 Å². The van der Waals surface area contributed by atoms with Gasteiger partial charge in [0.05, 0.1) is 18.5 Å². The van der Waals surface area contributed by atoms with Crippen LogP contribution in [-0.2, 0) is 6.42 Å². The molecule has 0 saturated heterocycles. The van der Waals surface area contributed by atoms with Gasteiger partial charge in [0.2, 0.25) is 0 Å². The summed E-state index contributed by atoms with van der Waals surface area (Å²) in [6.45, 7) is 1.88. The van der Waals surface area contributed by atoms with Crippen molar-refractivity contribution in [2.24, 2.45) is 0 Å². The lowest BCUT2D eigenvalue weighted by molar-refractivity contribution is 0.101. The van der Waals surface area contributed by atoms with Gasteiger partial charge in [-0.3, -0.25) is 9.89 Å². The molecular formula is C19H17F2N3O2. The summed E-state index contributed by atoms with van der Waals surface area (Å²) >= 11 is 0. The van der Waals surface area contributed by atoms with E-state index < -0.39 is 23.1 Å². The van der Waals surface area contributed by atoms with Gasteiger partial charge in [-0.2, -0.15) is 5.10 Å². The van der Waals surface area contributed by atoms with Crippen LogP contribution in [0.25, 0.3) is 11.3 Å². The molecule has 1 heterocycles. The molecule has 0 bridgehead atoms. The molecule has 1 amide bonds. The van der Waals surface area contributed by atoms with E-state index in [4.69, 9.17) is 4.74 Å². The van der Waals surface area contributed by atoms with Gasteiger partial charge in [0.1, 0.15) is 28.6 Å². The lowest BCUT2D eigenvalue weighted by atomic mass is 10.1. The highest BCUT2D eigenvalue weighted by atomic mass is 19.1. The summed E-state index contributed by atoms with van der Waals surface area (Å²) in [5.41, 5.74) is 1.56. The van der Waals surface area contributed by atoms with Gasteiger partial charge in [0, 0.05) is 5.56 Å². The van der Waals surface area contributed by atoms with Crippen LogP contribution in [0.4, 0.5) is 14.5 Å². The van der Waals surface area contributed by atoms with E-state index in [9.17, 15) is 13.6 Å². The average molecular weight is 357 g/mol. The lowest BCUT2D eigenvalue weighted by Gasteiger charge is -2.10. The molecule has 7 heteroatoms. The van der Waals surface area contributed by atoms with E-state index >= 15 is 0 Å². The summed E-state index contributed by atoms with van der Waals surface area (Å²) in [4.78, 5) is 12.5. The lowest BCUT2D eigenvalue weighted by Crippen LogP contribution is -2.17. The Morgan fingerprint density at radius 1 is 1.19 bits per heavy atom. The van der Waals surface area contributed by atoms with E-state index in [1.54, 1.807) is 31.4 Å². The van der Waals surface area contributed by atoms with Crippen molar-refractivity contribution in [1.29, 1.82) is 0 Å². The Morgan fingerprint density at radius 2 is 1.88 bits per heavy atom. The predicted octanol–water partition coefficient (Wildman–Crippen LogP) is 4.18. The summed E-state index contributed by atoms with van der Waals surface area (Å²) < 4.78 is 33.0. The Bertz CT molecular complexity index is 933. The molecule has 26 heavy (non-hydrogen) atoms. The van der Waals surface area contributed by atoms with Crippen LogP contribution in [0.15, 0.2) is 42.5 Å². The predicted molar refractivity (Wildman–Crippen MR) is 94.3 cm³/mol. The molecule has 134 valence electrons. The first-order chi connectivity index (χ1) is 12.5. The number of aromatic amines is 1. The zero-order chi connectivity index (χ0) is 18.7. The van der Waals surface area contributed by atoms with Crippen LogP contribution in [0.3, 0.4) is 0 Å². The van der Waals surface area contributed by atoms with Crippen molar-refractivity contribution in [3.63, 3.8) is 0 Å². The number of anilines is 1. The first-order valence-corrected chi connectivity index (χ1v) is 8.02. The minimum absolute atomic E-state index is 0.383. The number of ether oxygens (including phenoxy) is 1. The normalized spacial score (nSPS) is 10.6. The van der Waals surface area contributed by atoms with Gasteiger partial charge in [0.15, 0.2) is 0 Å². The van der Waals surface area contributed by atoms with Gasteiger partial charge in [-0.25, -0.2) is 8.78 Å². The van der Waals surface area contributed by atoms with Gasteiger partial charge in [-0.05, 0) is 30.7 Å². The molecule has 0 atom stereocenters. The second-order valence-corrected chi connectivity index (χ2v) is 5.56. The van der Waals surface area contributed by atoms with Crippen molar-refractivity contribution >= 4 is 11.6 Å². The van der Waals surface area contributed by atoms with Crippen molar-refractivity contribution in [3.05, 3.63) is 65.4 Å². The Kier molecular flexibility index (Phi) is 4.97. The van der Waals surface area contributed by atoms with Crippen molar-refractivity contribution in [2.75, 3.05) is 12.4 Å². The molecule has 3 aromatic rings. The van der Waals surface area contributed by atoms with Crippen LogP contribution in [0.1, 0.15) is 23.0 Å². The molecule has 0 radical (unpaired) electrons. The highest BCUT2D eigenvalue weighted by Gasteiger charge is 2.22. The maximum absolute atomic E-state index is 13.9. The molecule has 2 N–H and O–H groups in total. The minimum Gasteiger partial charge on any atom is -0.497 e. The summed E-state index contributed by atoms with van der Waals surface area (Å²) in [7, 11) is 1.55. The van der Waals surface area contributed by atoms with Gasteiger partial charge in [-0.15, -0.1) is 0 Å². The first-order valence-electron chi connectivity index (χ1n) is 8.02. The number of amides is 1. The van der Waals surface area contributed by atoms with Crippen molar-refractivity contribution < 1.29 is 18.3 Å². The molecule has 0 aliphatic heterocycles. The number of H-pyrrole nitrogens is 1. The topological polar surface area (TPSA) is 67.0 Å². The van der Waals surface area contributed by atoms with Crippen molar-refractivity contribution in [3.8, 4) is 17.0 Å². The molecule has 0 spiro atoms. The summed E-state index contributed by atoms with van der Waals surface area (Å²) in [5, 5.41) is 9.68. The Labute approximate surface area is 149 Å². The van der Waals surface area contributed by atoms with Gasteiger partial charge in [0.25, 0.3) is 5.91 Å². The van der Waals surface area contributed by atoms with Crippen LogP contribution in [0.5, 0.6) is 5.75 Å². The second-order valence-electron chi connectivity index (χ2n) is 5.56. The van der Waals surface area contributed by atoms with Crippen LogP contribution in [-0.4, -0.2) is 23.2 Å². The smallest absolute Gasteiger partial charge is 0.261 e. The number of nitrogens with one attached hydrogen (secondary N) is 2. The Hall–Kier alpha value is -3.22. The maximum atomic E-state index is 13.9. The van der Waals surface area contributed by atoms with E-state index in [0.29, 0.717) is 34.8 Å². The summed E-state index contributed by atoms with van der Waals surface area (Å²) in [6.07, 6.45) is 0.548. The van der Waals surface area contributed by atoms with Crippen LogP contribution in [0.2, 0.25) is 0 Å². The molecule has 0 unspecified atom stereocenters. The molecule has 3 rings (SSSR count). The largest absolute Gasteiger partial charge is 0.497 e. The van der Waals surface area contributed by atoms with Crippen molar-refractivity contribution in [2.45, 2.75) is 13.3 Å². The Balaban J connectivity index is 2.02. The molecule has 0 saturated carbocycles. The number of aromatic nitrogens is 2.